The number of nitrogens with one attached hydrogen (secondary N) is 1. The van der Waals surface area contributed by atoms with E-state index in [1.165, 1.54) is 7.05 Å². The van der Waals surface area contributed by atoms with Crippen LogP contribution in [0.3, 0.4) is 0 Å². The molecule has 1 atom stereocenters. The van der Waals surface area contributed by atoms with Crippen molar-refractivity contribution in [1.29, 1.82) is 0 Å². The molecule has 2 rings (SSSR count). The van der Waals surface area contributed by atoms with Gasteiger partial charge in [0.2, 0.25) is 10.0 Å². The van der Waals surface area contributed by atoms with Crippen LogP contribution >= 0.6 is 0 Å². The third-order valence-electron chi connectivity index (χ3n) is 4.50. The van der Waals surface area contributed by atoms with Gasteiger partial charge in [0, 0.05) is 12.6 Å². The molecule has 146 valence electrons. The first kappa shape index (κ1) is 20.8. The van der Waals surface area contributed by atoms with Crippen molar-refractivity contribution in [2.75, 3.05) is 24.7 Å². The lowest BCUT2D eigenvalue weighted by atomic mass is 10.0. The van der Waals surface area contributed by atoms with Crippen molar-refractivity contribution in [1.82, 2.24) is 5.32 Å². The lowest BCUT2D eigenvalue weighted by Gasteiger charge is -2.20. The van der Waals surface area contributed by atoms with E-state index in [4.69, 9.17) is 4.74 Å². The number of carbonyl (C=O) groups is 1. The van der Waals surface area contributed by atoms with Gasteiger partial charge in [-0.2, -0.15) is 0 Å². The summed E-state index contributed by atoms with van der Waals surface area (Å²) in [6.45, 7) is 3.96. The van der Waals surface area contributed by atoms with Crippen LogP contribution in [0.15, 0.2) is 42.5 Å². The Labute approximate surface area is 161 Å². The van der Waals surface area contributed by atoms with E-state index in [1.54, 1.807) is 31.4 Å². The van der Waals surface area contributed by atoms with E-state index in [0.717, 1.165) is 33.9 Å². The van der Waals surface area contributed by atoms with Gasteiger partial charge in [-0.25, -0.2) is 8.42 Å². The number of amides is 1. The van der Waals surface area contributed by atoms with E-state index in [1.807, 2.05) is 32.0 Å². The number of anilines is 1. The second-order valence-electron chi connectivity index (χ2n) is 6.44. The first-order valence-electron chi connectivity index (χ1n) is 8.66. The zero-order valence-electron chi connectivity index (χ0n) is 16.3. The summed E-state index contributed by atoms with van der Waals surface area (Å²) in [6, 6.07) is 12.2. The van der Waals surface area contributed by atoms with Crippen LogP contribution in [-0.4, -0.2) is 34.7 Å². The Bertz CT molecular complexity index is 925. The molecule has 0 saturated carbocycles. The fourth-order valence-corrected chi connectivity index (χ4v) is 3.31. The number of nitrogens with zero attached hydrogens (tertiary/aromatic N) is 1. The lowest BCUT2D eigenvalue weighted by Crippen LogP contribution is -2.29. The monoisotopic (exact) mass is 390 g/mol. The highest BCUT2D eigenvalue weighted by atomic mass is 32.2. The normalized spacial score (nSPS) is 12.3. The molecule has 0 radical (unpaired) electrons. The number of methoxy groups -OCH3 is 1. The zero-order chi connectivity index (χ0) is 20.2. The molecule has 0 heterocycles. The Morgan fingerprint density at radius 2 is 1.93 bits per heavy atom. The number of hydrogen-bond acceptors (Lipinski definition) is 4. The third-order valence-corrected chi connectivity index (χ3v) is 5.71. The standard InChI is InChI=1S/C20H26N2O4S/c1-6-18(15-10-11-19(26-4)14(2)12-15)21-20(23)16-8-7-9-17(13-16)22(3)27(5,24)25/h7-13,18H,6H2,1-5H3,(H,21,23)/t18-/m0/s1. The highest BCUT2D eigenvalue weighted by Gasteiger charge is 2.17. The number of hydrogen-bond donors (Lipinski definition) is 1. The maximum absolute atomic E-state index is 12.7. The van der Waals surface area contributed by atoms with Crippen molar-refractivity contribution >= 4 is 21.6 Å². The van der Waals surface area contributed by atoms with Crippen LogP contribution in [0.5, 0.6) is 5.75 Å². The summed E-state index contributed by atoms with van der Waals surface area (Å²) in [5.74, 6) is 0.551. The topological polar surface area (TPSA) is 75.7 Å². The molecular formula is C20H26N2O4S. The maximum Gasteiger partial charge on any atom is 0.251 e. The van der Waals surface area contributed by atoms with Crippen LogP contribution in [0.25, 0.3) is 0 Å². The van der Waals surface area contributed by atoms with Crippen molar-refractivity contribution in [3.8, 4) is 5.75 Å². The van der Waals surface area contributed by atoms with E-state index in [0.29, 0.717) is 11.3 Å². The Morgan fingerprint density at radius 3 is 2.48 bits per heavy atom. The first-order valence-corrected chi connectivity index (χ1v) is 10.5. The maximum atomic E-state index is 12.7. The van der Waals surface area contributed by atoms with E-state index >= 15 is 0 Å². The van der Waals surface area contributed by atoms with Crippen LogP contribution < -0.4 is 14.4 Å². The molecule has 0 unspecified atom stereocenters. The highest BCUT2D eigenvalue weighted by molar-refractivity contribution is 7.92. The van der Waals surface area contributed by atoms with Gasteiger partial charge in [-0.1, -0.05) is 25.1 Å². The predicted molar refractivity (Wildman–Crippen MR) is 108 cm³/mol. The van der Waals surface area contributed by atoms with Gasteiger partial charge in [0.05, 0.1) is 25.1 Å². The van der Waals surface area contributed by atoms with Crippen LogP contribution in [-0.2, 0) is 10.0 Å². The van der Waals surface area contributed by atoms with Crippen molar-refractivity contribution in [3.05, 3.63) is 59.2 Å². The molecule has 0 aliphatic carbocycles. The molecule has 0 spiro atoms. The molecule has 6 nitrogen and oxygen atoms in total. The second-order valence-corrected chi connectivity index (χ2v) is 8.46. The smallest absolute Gasteiger partial charge is 0.251 e. The number of carbonyl (C=O) groups excluding carboxylic acids is 1. The second kappa shape index (κ2) is 8.43. The van der Waals surface area contributed by atoms with Gasteiger partial charge in [0.1, 0.15) is 5.75 Å². The number of benzene rings is 2. The molecule has 2 aromatic carbocycles. The van der Waals surface area contributed by atoms with Crippen molar-refractivity contribution in [3.63, 3.8) is 0 Å². The van der Waals surface area contributed by atoms with E-state index in [9.17, 15) is 13.2 Å². The number of sulfonamides is 1. The average molecular weight is 391 g/mol. The summed E-state index contributed by atoms with van der Waals surface area (Å²) >= 11 is 0. The Balaban J connectivity index is 2.23. The van der Waals surface area contributed by atoms with E-state index < -0.39 is 10.0 Å². The summed E-state index contributed by atoms with van der Waals surface area (Å²) in [5, 5.41) is 3.02. The van der Waals surface area contributed by atoms with E-state index in [2.05, 4.69) is 5.32 Å². The molecule has 1 amide bonds. The van der Waals surface area contributed by atoms with Crippen molar-refractivity contribution in [2.24, 2.45) is 0 Å². The number of rotatable bonds is 7. The molecule has 1 N–H and O–H groups in total. The van der Waals surface area contributed by atoms with Gasteiger partial charge >= 0.3 is 0 Å². The number of ether oxygens (including phenoxy) is 1. The van der Waals surface area contributed by atoms with Crippen LogP contribution in [0.2, 0.25) is 0 Å². The minimum absolute atomic E-state index is 0.154. The summed E-state index contributed by atoms with van der Waals surface area (Å²) in [6.07, 6.45) is 1.85. The van der Waals surface area contributed by atoms with Gasteiger partial charge in [-0.3, -0.25) is 9.10 Å². The summed E-state index contributed by atoms with van der Waals surface area (Å²) in [7, 11) is -0.304. The van der Waals surface area contributed by atoms with Crippen molar-refractivity contribution in [2.45, 2.75) is 26.3 Å². The zero-order valence-corrected chi connectivity index (χ0v) is 17.1. The number of aryl methyl sites for hydroxylation is 1. The Morgan fingerprint density at radius 1 is 1.22 bits per heavy atom. The summed E-state index contributed by atoms with van der Waals surface area (Å²) in [4.78, 5) is 12.7. The largest absolute Gasteiger partial charge is 0.496 e. The van der Waals surface area contributed by atoms with Gasteiger partial charge in [0.25, 0.3) is 5.91 Å². The van der Waals surface area contributed by atoms with Gasteiger partial charge in [-0.15, -0.1) is 0 Å². The molecule has 2 aromatic rings. The average Bonchev–Trinajstić information content (AvgIpc) is 2.64. The fraction of sp³-hybridized carbons (Fsp3) is 0.350. The minimum atomic E-state index is -3.39. The summed E-state index contributed by atoms with van der Waals surface area (Å²) < 4.78 is 29.9. The van der Waals surface area contributed by atoms with Gasteiger partial charge < -0.3 is 10.1 Å². The van der Waals surface area contributed by atoms with Gasteiger partial charge in [-0.05, 0) is 48.7 Å². The first-order chi connectivity index (χ1) is 12.7. The molecule has 0 aliphatic heterocycles. The van der Waals surface area contributed by atoms with Crippen LogP contribution in [0.4, 0.5) is 5.69 Å². The molecule has 0 fully saturated rings. The minimum Gasteiger partial charge on any atom is -0.496 e. The molecule has 0 aromatic heterocycles. The summed E-state index contributed by atoms with van der Waals surface area (Å²) in [5.41, 5.74) is 2.85. The molecule has 27 heavy (non-hydrogen) atoms. The van der Waals surface area contributed by atoms with Crippen LogP contribution in [0.1, 0.15) is 40.9 Å². The molecular weight excluding hydrogens is 364 g/mol. The SMILES string of the molecule is CC[C@H](NC(=O)c1cccc(N(C)S(C)(=O)=O)c1)c1ccc(OC)c(C)c1. The van der Waals surface area contributed by atoms with Crippen molar-refractivity contribution < 1.29 is 17.9 Å². The Hall–Kier alpha value is -2.54. The molecule has 0 saturated heterocycles. The van der Waals surface area contributed by atoms with Gasteiger partial charge in [0.15, 0.2) is 0 Å². The third kappa shape index (κ3) is 5.01. The lowest BCUT2D eigenvalue weighted by molar-refractivity contribution is 0.0935. The molecule has 7 heteroatoms. The quantitative estimate of drug-likeness (QED) is 0.787. The molecule has 0 aliphatic rings. The fourth-order valence-electron chi connectivity index (χ4n) is 2.82. The van der Waals surface area contributed by atoms with E-state index in [-0.39, 0.29) is 11.9 Å². The highest BCUT2D eigenvalue weighted by Crippen LogP contribution is 2.25. The molecule has 0 bridgehead atoms. The Kier molecular flexibility index (Phi) is 6.49. The predicted octanol–water partition coefficient (Wildman–Crippen LogP) is 3.28. The van der Waals surface area contributed by atoms with Crippen LogP contribution in [0, 0.1) is 6.92 Å².